The van der Waals surface area contributed by atoms with Gasteiger partial charge in [0, 0.05) is 40.4 Å². The van der Waals surface area contributed by atoms with Crippen LogP contribution in [-0.2, 0) is 0 Å². The predicted octanol–water partition coefficient (Wildman–Crippen LogP) is 3.95. The predicted molar refractivity (Wildman–Crippen MR) is 93.2 cm³/mol. The van der Waals surface area contributed by atoms with Gasteiger partial charge in [-0.05, 0) is 30.3 Å². The highest BCUT2D eigenvalue weighted by molar-refractivity contribution is 7.99. The van der Waals surface area contributed by atoms with Gasteiger partial charge in [-0.15, -0.1) is 0 Å². The average Bonchev–Trinajstić information content (AvgIpc) is 2.50. The monoisotopic (exact) mass is 348 g/mol. The molecule has 2 amide bonds. The second kappa shape index (κ2) is 7.25. The first-order valence-corrected chi connectivity index (χ1v) is 8.54. The van der Waals surface area contributed by atoms with Crippen molar-refractivity contribution >= 4 is 35.1 Å². The van der Waals surface area contributed by atoms with Gasteiger partial charge < -0.3 is 15.3 Å². The maximum Gasteiger partial charge on any atom is 0.321 e. The fourth-order valence-corrected chi connectivity index (χ4v) is 3.43. The molecule has 0 bridgehead atoms. The van der Waals surface area contributed by atoms with E-state index in [2.05, 4.69) is 5.32 Å². The smallest absolute Gasteiger partial charge is 0.321 e. The van der Waals surface area contributed by atoms with E-state index < -0.39 is 0 Å². The van der Waals surface area contributed by atoms with Gasteiger partial charge in [-0.1, -0.05) is 41.6 Å². The largest absolute Gasteiger partial charge is 0.396 e. The number of anilines is 1. The highest BCUT2D eigenvalue weighted by Gasteiger charge is 2.30. The van der Waals surface area contributed by atoms with E-state index in [-0.39, 0.29) is 18.6 Å². The molecule has 1 heterocycles. The lowest BCUT2D eigenvalue weighted by molar-refractivity contribution is 0.0838. The number of carbonyl (C=O) groups is 1. The standard InChI is InChI=1S/C17H17ClN2O2S/c18-13-6-7-16(23-14-4-2-1-3-5-14)15(8-13)19-17(22)20-9-12(10-20)11-21/h1-8,12,21H,9-11H2,(H,19,22). The molecule has 0 aromatic heterocycles. The number of nitrogens with one attached hydrogen (secondary N) is 1. The van der Waals surface area contributed by atoms with Crippen molar-refractivity contribution in [1.29, 1.82) is 0 Å². The molecule has 2 aromatic carbocycles. The topological polar surface area (TPSA) is 52.6 Å². The lowest BCUT2D eigenvalue weighted by Gasteiger charge is -2.38. The third-order valence-electron chi connectivity index (χ3n) is 3.66. The summed E-state index contributed by atoms with van der Waals surface area (Å²) in [4.78, 5) is 16.0. The lowest BCUT2D eigenvalue weighted by Crippen LogP contribution is -2.52. The van der Waals surface area contributed by atoms with Crippen molar-refractivity contribution in [3.8, 4) is 0 Å². The zero-order valence-electron chi connectivity index (χ0n) is 12.4. The molecule has 6 heteroatoms. The number of amides is 2. The van der Waals surface area contributed by atoms with E-state index in [0.29, 0.717) is 23.8 Å². The molecule has 2 aromatic rings. The normalized spacial score (nSPS) is 14.4. The summed E-state index contributed by atoms with van der Waals surface area (Å²) < 4.78 is 0. The van der Waals surface area contributed by atoms with E-state index in [4.69, 9.17) is 16.7 Å². The van der Waals surface area contributed by atoms with Crippen molar-refractivity contribution in [2.45, 2.75) is 9.79 Å². The summed E-state index contributed by atoms with van der Waals surface area (Å²) in [5, 5.41) is 12.5. The number of nitrogens with zero attached hydrogens (tertiary/aromatic N) is 1. The van der Waals surface area contributed by atoms with Crippen LogP contribution < -0.4 is 5.32 Å². The van der Waals surface area contributed by atoms with Gasteiger partial charge in [0.25, 0.3) is 0 Å². The number of aliphatic hydroxyl groups is 1. The van der Waals surface area contributed by atoms with E-state index in [0.717, 1.165) is 9.79 Å². The Balaban J connectivity index is 1.73. The van der Waals surface area contributed by atoms with E-state index in [1.807, 2.05) is 42.5 Å². The lowest BCUT2D eigenvalue weighted by atomic mass is 10.0. The van der Waals surface area contributed by atoms with Crippen LogP contribution in [0.2, 0.25) is 5.02 Å². The summed E-state index contributed by atoms with van der Waals surface area (Å²) in [5.74, 6) is 0.193. The highest BCUT2D eigenvalue weighted by Crippen LogP contribution is 2.35. The van der Waals surface area contributed by atoms with Crippen LogP contribution in [0, 0.1) is 5.92 Å². The molecule has 23 heavy (non-hydrogen) atoms. The molecule has 0 aliphatic carbocycles. The van der Waals surface area contributed by atoms with Gasteiger partial charge in [-0.25, -0.2) is 4.79 Å². The number of halogens is 1. The number of hydrogen-bond donors (Lipinski definition) is 2. The van der Waals surface area contributed by atoms with E-state index in [1.165, 1.54) is 0 Å². The van der Waals surface area contributed by atoms with Crippen LogP contribution >= 0.6 is 23.4 Å². The van der Waals surface area contributed by atoms with Crippen LogP contribution in [0.5, 0.6) is 0 Å². The number of likely N-dealkylation sites (tertiary alicyclic amines) is 1. The number of aliphatic hydroxyl groups excluding tert-OH is 1. The molecule has 1 fully saturated rings. The second-order valence-corrected chi connectivity index (χ2v) is 6.99. The average molecular weight is 349 g/mol. The Hall–Kier alpha value is -1.69. The van der Waals surface area contributed by atoms with Gasteiger partial charge in [0.2, 0.25) is 0 Å². The minimum absolute atomic E-state index is 0.121. The molecule has 120 valence electrons. The Morgan fingerprint density at radius 2 is 2.00 bits per heavy atom. The molecule has 0 radical (unpaired) electrons. The number of benzene rings is 2. The quantitative estimate of drug-likeness (QED) is 0.879. The SMILES string of the molecule is O=C(Nc1cc(Cl)ccc1Sc1ccccc1)N1CC(CO)C1. The van der Waals surface area contributed by atoms with Crippen molar-refractivity contribution in [3.63, 3.8) is 0 Å². The van der Waals surface area contributed by atoms with Gasteiger partial charge >= 0.3 is 6.03 Å². The minimum Gasteiger partial charge on any atom is -0.396 e. The summed E-state index contributed by atoms with van der Waals surface area (Å²) in [6.45, 7) is 1.30. The molecule has 0 spiro atoms. The minimum atomic E-state index is -0.160. The molecule has 0 unspecified atom stereocenters. The van der Waals surface area contributed by atoms with Gasteiger partial charge in [0.05, 0.1) is 5.69 Å². The number of hydrogen-bond acceptors (Lipinski definition) is 3. The first kappa shape index (κ1) is 16.2. The van der Waals surface area contributed by atoms with Crippen molar-refractivity contribution in [3.05, 3.63) is 53.6 Å². The summed E-state index contributed by atoms with van der Waals surface area (Å²) in [6, 6.07) is 15.3. The molecule has 1 saturated heterocycles. The van der Waals surface area contributed by atoms with Crippen LogP contribution in [-0.4, -0.2) is 35.7 Å². The number of urea groups is 1. The van der Waals surface area contributed by atoms with E-state index in [1.54, 1.807) is 22.7 Å². The van der Waals surface area contributed by atoms with Crippen molar-refractivity contribution in [2.75, 3.05) is 25.0 Å². The van der Waals surface area contributed by atoms with Crippen LogP contribution in [0.4, 0.5) is 10.5 Å². The Morgan fingerprint density at radius 3 is 2.70 bits per heavy atom. The Bertz CT molecular complexity index is 690. The molecule has 1 aliphatic rings. The van der Waals surface area contributed by atoms with Crippen LogP contribution in [0.3, 0.4) is 0 Å². The molecule has 2 N–H and O–H groups in total. The van der Waals surface area contributed by atoms with Crippen molar-refractivity contribution in [2.24, 2.45) is 5.92 Å². The third-order valence-corrected chi connectivity index (χ3v) is 4.98. The van der Waals surface area contributed by atoms with Crippen molar-refractivity contribution < 1.29 is 9.90 Å². The summed E-state index contributed by atoms with van der Waals surface area (Å²) >= 11 is 7.64. The van der Waals surface area contributed by atoms with E-state index in [9.17, 15) is 4.79 Å². The fraction of sp³-hybridized carbons (Fsp3) is 0.235. The maximum atomic E-state index is 12.3. The van der Waals surface area contributed by atoms with Gasteiger partial charge in [0.1, 0.15) is 0 Å². The Labute approximate surface area is 144 Å². The van der Waals surface area contributed by atoms with Crippen LogP contribution in [0.15, 0.2) is 58.3 Å². The summed E-state index contributed by atoms with van der Waals surface area (Å²) in [7, 11) is 0. The first-order chi connectivity index (χ1) is 11.2. The van der Waals surface area contributed by atoms with Crippen molar-refractivity contribution in [1.82, 2.24) is 4.90 Å². The van der Waals surface area contributed by atoms with Crippen LogP contribution in [0.25, 0.3) is 0 Å². The zero-order chi connectivity index (χ0) is 16.2. The maximum absolute atomic E-state index is 12.3. The third kappa shape index (κ3) is 3.99. The summed E-state index contributed by atoms with van der Waals surface area (Å²) in [5.41, 5.74) is 0.698. The highest BCUT2D eigenvalue weighted by atomic mass is 35.5. The van der Waals surface area contributed by atoms with E-state index >= 15 is 0 Å². The van der Waals surface area contributed by atoms with Gasteiger partial charge in [-0.2, -0.15) is 0 Å². The Morgan fingerprint density at radius 1 is 1.26 bits per heavy atom. The molecular weight excluding hydrogens is 332 g/mol. The second-order valence-electron chi connectivity index (χ2n) is 5.44. The number of carbonyl (C=O) groups excluding carboxylic acids is 1. The van der Waals surface area contributed by atoms with Crippen LogP contribution in [0.1, 0.15) is 0 Å². The zero-order valence-corrected chi connectivity index (χ0v) is 14.0. The molecular formula is C17H17ClN2O2S. The molecule has 3 rings (SSSR count). The summed E-state index contributed by atoms with van der Waals surface area (Å²) in [6.07, 6.45) is 0. The number of rotatable bonds is 4. The Kier molecular flexibility index (Phi) is 5.10. The van der Waals surface area contributed by atoms with Gasteiger partial charge in [-0.3, -0.25) is 0 Å². The fourth-order valence-electron chi connectivity index (χ4n) is 2.35. The molecule has 0 atom stereocenters. The molecule has 4 nitrogen and oxygen atoms in total. The first-order valence-electron chi connectivity index (χ1n) is 7.35. The molecule has 0 saturated carbocycles. The van der Waals surface area contributed by atoms with Gasteiger partial charge in [0.15, 0.2) is 0 Å². The molecule has 1 aliphatic heterocycles.